The fraction of sp³-hybridized carbons (Fsp3) is 0.190. The zero-order chi connectivity index (χ0) is 23.8. The minimum atomic E-state index is -4.07. The molecular formula is C21H20N6O4S2. The van der Waals surface area contributed by atoms with E-state index in [1.54, 1.807) is 18.2 Å². The number of aryl methyl sites for hydroxylation is 1. The molecule has 2 aromatic rings. The standard InChI is InChI=1S/C21H20N6O4S2/c1-12-4-7-14(8-5-12)24-19-15(11-22)18(13-6-9-16(30-2)17(10-13)31-3)25-20-27(19)26-21(32-20)33(23,28)29/h4-10,18,24H,1-3H3,(H2,23,28,29). The molecule has 0 aliphatic carbocycles. The number of amidine groups is 1. The van der Waals surface area contributed by atoms with Gasteiger partial charge in [-0.15, -0.1) is 5.10 Å². The molecule has 2 aliphatic heterocycles. The number of sulfonamides is 1. The van der Waals surface area contributed by atoms with Crippen LogP contribution in [0.25, 0.3) is 0 Å². The smallest absolute Gasteiger partial charge is 0.264 e. The number of hydrazone groups is 1. The van der Waals surface area contributed by atoms with Gasteiger partial charge in [-0.25, -0.2) is 18.5 Å². The van der Waals surface area contributed by atoms with Crippen LogP contribution in [0.3, 0.4) is 0 Å². The maximum absolute atomic E-state index is 11.9. The summed E-state index contributed by atoms with van der Waals surface area (Å²) in [5.41, 5.74) is 2.66. The number of hydrogen-bond donors (Lipinski definition) is 2. The van der Waals surface area contributed by atoms with Crippen LogP contribution in [0.4, 0.5) is 5.69 Å². The van der Waals surface area contributed by atoms with E-state index in [-0.39, 0.29) is 20.9 Å². The molecule has 1 unspecified atom stereocenters. The molecule has 33 heavy (non-hydrogen) atoms. The summed E-state index contributed by atoms with van der Waals surface area (Å²) in [6.45, 7) is 1.96. The van der Waals surface area contributed by atoms with E-state index in [0.29, 0.717) is 22.7 Å². The van der Waals surface area contributed by atoms with E-state index in [1.165, 1.54) is 19.2 Å². The molecule has 170 valence electrons. The van der Waals surface area contributed by atoms with E-state index in [9.17, 15) is 13.7 Å². The lowest BCUT2D eigenvalue weighted by Gasteiger charge is -2.28. The van der Waals surface area contributed by atoms with Crippen molar-refractivity contribution in [1.29, 1.82) is 5.26 Å². The minimum absolute atomic E-state index is 0.242. The summed E-state index contributed by atoms with van der Waals surface area (Å²) >= 11 is 0.820. The lowest BCUT2D eigenvalue weighted by molar-refractivity contribution is 0.354. The van der Waals surface area contributed by atoms with Crippen molar-refractivity contribution < 1.29 is 17.9 Å². The molecule has 3 N–H and O–H groups in total. The lowest BCUT2D eigenvalue weighted by Crippen LogP contribution is -2.31. The number of nitrogens with zero attached hydrogens (tertiary/aromatic N) is 4. The van der Waals surface area contributed by atoms with Crippen LogP contribution in [0.15, 0.2) is 64.0 Å². The molecule has 10 nitrogen and oxygen atoms in total. The summed E-state index contributed by atoms with van der Waals surface area (Å²) in [6, 6.07) is 14.2. The predicted octanol–water partition coefficient (Wildman–Crippen LogP) is 2.88. The van der Waals surface area contributed by atoms with Crippen molar-refractivity contribution in [2.75, 3.05) is 19.5 Å². The van der Waals surface area contributed by atoms with E-state index in [2.05, 4.69) is 21.5 Å². The Bertz CT molecular complexity index is 1340. The van der Waals surface area contributed by atoms with Gasteiger partial charge in [0.25, 0.3) is 10.0 Å². The Morgan fingerprint density at radius 1 is 1.15 bits per heavy atom. The van der Waals surface area contributed by atoms with Gasteiger partial charge in [-0.3, -0.25) is 0 Å². The number of benzene rings is 2. The molecule has 0 aromatic heterocycles. The summed E-state index contributed by atoms with van der Waals surface area (Å²) in [5, 5.41) is 24.3. The fourth-order valence-electron chi connectivity index (χ4n) is 3.30. The molecule has 4 rings (SSSR count). The number of rotatable bonds is 5. The third-order valence-corrected chi connectivity index (χ3v) is 7.16. The van der Waals surface area contributed by atoms with Crippen LogP contribution in [-0.2, 0) is 10.0 Å². The first-order valence-electron chi connectivity index (χ1n) is 9.62. The van der Waals surface area contributed by atoms with E-state index in [0.717, 1.165) is 17.3 Å². The van der Waals surface area contributed by atoms with Crippen molar-refractivity contribution >= 4 is 37.0 Å². The topological polar surface area (TPSA) is 142 Å². The molecule has 2 heterocycles. The number of anilines is 1. The SMILES string of the molecule is COc1ccc(C2N=C3SC(S(N)(=O)=O)=NN3C(Nc3ccc(C)cc3)=C2C#N)cc1OC. The first kappa shape index (κ1) is 22.7. The number of ether oxygens (including phenoxy) is 2. The Balaban J connectivity index is 1.86. The van der Waals surface area contributed by atoms with Gasteiger partial charge in [0.15, 0.2) is 22.5 Å². The molecule has 0 saturated heterocycles. The zero-order valence-corrected chi connectivity index (χ0v) is 19.6. The van der Waals surface area contributed by atoms with E-state index < -0.39 is 16.1 Å². The summed E-state index contributed by atoms with van der Waals surface area (Å²) in [5.74, 6) is 1.29. The first-order valence-corrected chi connectivity index (χ1v) is 12.0. The maximum Gasteiger partial charge on any atom is 0.264 e. The number of aliphatic imine (C=N–C) groups is 1. The van der Waals surface area contributed by atoms with E-state index in [4.69, 9.17) is 14.6 Å². The molecule has 0 spiro atoms. The van der Waals surface area contributed by atoms with Crippen LogP contribution in [0.5, 0.6) is 11.5 Å². The number of primary sulfonamides is 1. The summed E-state index contributed by atoms with van der Waals surface area (Å²) in [4.78, 5) is 4.62. The van der Waals surface area contributed by atoms with Crippen LogP contribution in [0.1, 0.15) is 17.2 Å². The van der Waals surface area contributed by atoms with E-state index in [1.807, 2.05) is 31.2 Å². The third kappa shape index (κ3) is 4.38. The zero-order valence-electron chi connectivity index (χ0n) is 17.9. The molecule has 0 amide bonds. The highest BCUT2D eigenvalue weighted by molar-refractivity contribution is 8.42. The van der Waals surface area contributed by atoms with Crippen molar-refractivity contribution in [2.45, 2.75) is 13.0 Å². The molecule has 2 aliphatic rings. The van der Waals surface area contributed by atoms with Gasteiger partial charge in [0.2, 0.25) is 4.38 Å². The van der Waals surface area contributed by atoms with Crippen molar-refractivity contribution in [3.05, 3.63) is 65.0 Å². The molecule has 0 saturated carbocycles. The minimum Gasteiger partial charge on any atom is -0.493 e. The van der Waals surface area contributed by atoms with Gasteiger partial charge in [0.1, 0.15) is 17.7 Å². The summed E-state index contributed by atoms with van der Waals surface area (Å²) < 4.78 is 34.3. The lowest BCUT2D eigenvalue weighted by atomic mass is 9.98. The highest BCUT2D eigenvalue weighted by Gasteiger charge is 2.39. The Kier molecular flexibility index (Phi) is 6.03. The molecule has 1 atom stereocenters. The average Bonchev–Trinajstić information content (AvgIpc) is 3.24. The molecule has 0 bridgehead atoms. The second kappa shape index (κ2) is 8.78. The van der Waals surface area contributed by atoms with Gasteiger partial charge in [0, 0.05) is 5.69 Å². The number of methoxy groups -OCH3 is 2. The van der Waals surface area contributed by atoms with Gasteiger partial charge in [0.05, 0.1) is 14.2 Å². The van der Waals surface area contributed by atoms with Crippen LogP contribution >= 0.6 is 11.8 Å². The molecule has 0 fully saturated rings. The van der Waals surface area contributed by atoms with Gasteiger partial charge in [-0.05, 0) is 48.5 Å². The van der Waals surface area contributed by atoms with Crippen molar-refractivity contribution in [2.24, 2.45) is 15.2 Å². The highest BCUT2D eigenvalue weighted by Crippen LogP contribution is 2.41. The molecule has 12 heteroatoms. The van der Waals surface area contributed by atoms with Gasteiger partial charge in [-0.1, -0.05) is 23.8 Å². The van der Waals surface area contributed by atoms with Crippen molar-refractivity contribution in [3.63, 3.8) is 0 Å². The van der Waals surface area contributed by atoms with Crippen LogP contribution in [-0.4, -0.2) is 37.2 Å². The predicted molar refractivity (Wildman–Crippen MR) is 127 cm³/mol. The number of fused-ring (bicyclic) bond motifs is 1. The number of thioether (sulfide) groups is 1. The average molecular weight is 485 g/mol. The largest absolute Gasteiger partial charge is 0.493 e. The van der Waals surface area contributed by atoms with Crippen molar-refractivity contribution in [3.8, 4) is 17.6 Å². The molecule has 0 radical (unpaired) electrons. The summed E-state index contributed by atoms with van der Waals surface area (Å²) in [7, 11) is -1.02. The van der Waals surface area contributed by atoms with Crippen molar-refractivity contribution in [1.82, 2.24) is 5.01 Å². The second-order valence-corrected chi connectivity index (χ2v) is 9.81. The number of nitrogens with two attached hydrogens (primary N) is 1. The van der Waals surface area contributed by atoms with Crippen LogP contribution < -0.4 is 19.9 Å². The van der Waals surface area contributed by atoms with E-state index >= 15 is 0 Å². The Hall–Kier alpha value is -3.53. The number of hydrogen-bond acceptors (Lipinski definition) is 10. The normalized spacial score (nSPS) is 17.7. The third-order valence-electron chi connectivity index (χ3n) is 4.92. The fourth-order valence-corrected chi connectivity index (χ4v) is 4.84. The van der Waals surface area contributed by atoms with Gasteiger partial charge < -0.3 is 14.8 Å². The van der Waals surface area contributed by atoms with Gasteiger partial charge in [-0.2, -0.15) is 10.3 Å². The highest BCUT2D eigenvalue weighted by atomic mass is 32.3. The quantitative estimate of drug-likeness (QED) is 0.660. The monoisotopic (exact) mass is 484 g/mol. The maximum atomic E-state index is 11.9. The first-order chi connectivity index (χ1) is 15.7. The molecular weight excluding hydrogens is 464 g/mol. The van der Waals surface area contributed by atoms with Crippen LogP contribution in [0.2, 0.25) is 0 Å². The Labute approximate surface area is 195 Å². The summed E-state index contributed by atoms with van der Waals surface area (Å²) in [6.07, 6.45) is 0. The molecule has 2 aromatic carbocycles. The Morgan fingerprint density at radius 2 is 1.85 bits per heavy atom. The van der Waals surface area contributed by atoms with Gasteiger partial charge >= 0.3 is 0 Å². The number of nitrogens with one attached hydrogen (secondary N) is 1. The number of nitriles is 1. The van der Waals surface area contributed by atoms with Crippen LogP contribution in [0, 0.1) is 18.3 Å². The Morgan fingerprint density at radius 3 is 2.45 bits per heavy atom. The second-order valence-electron chi connectivity index (χ2n) is 7.12.